The zero-order valence-electron chi connectivity index (χ0n) is 12.3. The van der Waals surface area contributed by atoms with Gasteiger partial charge in [0.25, 0.3) is 0 Å². The Morgan fingerprint density at radius 2 is 2.00 bits per heavy atom. The Bertz CT molecular complexity index is 777. The quantitative estimate of drug-likeness (QED) is 0.746. The summed E-state index contributed by atoms with van der Waals surface area (Å²) in [5, 5.41) is 0. The lowest BCUT2D eigenvalue weighted by molar-refractivity contribution is 0.185. The van der Waals surface area contributed by atoms with Gasteiger partial charge in [0.15, 0.2) is 0 Å². The number of rotatable bonds is 4. The van der Waals surface area contributed by atoms with E-state index in [0.717, 1.165) is 40.2 Å². The standard InChI is InChI=1S/C17H19N3O/c1-3-17-19-14-10-13(18)8-9-16(14)20(17)15-7-5-4-6-12(15)11-21-2/h4-10H,3,11,18H2,1-2H3. The van der Waals surface area contributed by atoms with Gasteiger partial charge in [0.2, 0.25) is 0 Å². The maximum absolute atomic E-state index is 5.87. The van der Waals surface area contributed by atoms with Crippen molar-refractivity contribution < 1.29 is 4.74 Å². The van der Waals surface area contributed by atoms with Crippen molar-refractivity contribution in [3.63, 3.8) is 0 Å². The molecule has 0 unspecified atom stereocenters. The second kappa shape index (κ2) is 5.58. The Morgan fingerprint density at radius 3 is 2.76 bits per heavy atom. The van der Waals surface area contributed by atoms with Gasteiger partial charge in [-0.1, -0.05) is 25.1 Å². The highest BCUT2D eigenvalue weighted by Crippen LogP contribution is 2.26. The fourth-order valence-corrected chi connectivity index (χ4v) is 2.66. The molecule has 0 saturated carbocycles. The number of nitrogens with zero attached hydrogens (tertiary/aromatic N) is 2. The molecule has 0 spiro atoms. The Balaban J connectivity index is 2.29. The summed E-state index contributed by atoms with van der Waals surface area (Å²) in [5.74, 6) is 1.03. The Hall–Kier alpha value is -2.33. The topological polar surface area (TPSA) is 53.1 Å². The van der Waals surface area contributed by atoms with Crippen LogP contribution >= 0.6 is 0 Å². The van der Waals surface area contributed by atoms with E-state index in [1.165, 1.54) is 0 Å². The molecule has 0 aliphatic rings. The van der Waals surface area contributed by atoms with E-state index in [2.05, 4.69) is 23.6 Å². The first-order chi connectivity index (χ1) is 10.2. The van der Waals surface area contributed by atoms with Gasteiger partial charge in [-0.05, 0) is 24.3 Å². The van der Waals surface area contributed by atoms with E-state index in [1.807, 2.05) is 30.3 Å². The number of imidazole rings is 1. The van der Waals surface area contributed by atoms with E-state index in [1.54, 1.807) is 7.11 Å². The molecule has 1 aromatic heterocycles. The molecule has 0 saturated heterocycles. The average Bonchev–Trinajstić information content (AvgIpc) is 2.85. The van der Waals surface area contributed by atoms with Gasteiger partial charge in [-0.3, -0.25) is 4.57 Å². The van der Waals surface area contributed by atoms with Crippen molar-refractivity contribution in [2.45, 2.75) is 20.0 Å². The molecular formula is C17H19N3O. The third kappa shape index (κ3) is 2.38. The van der Waals surface area contributed by atoms with Crippen LogP contribution < -0.4 is 5.73 Å². The van der Waals surface area contributed by atoms with Crippen molar-refractivity contribution in [3.8, 4) is 5.69 Å². The number of ether oxygens (including phenoxy) is 1. The van der Waals surface area contributed by atoms with Crippen LogP contribution in [-0.2, 0) is 17.8 Å². The normalized spacial score (nSPS) is 11.1. The van der Waals surface area contributed by atoms with Gasteiger partial charge in [-0.25, -0.2) is 4.98 Å². The molecule has 0 aliphatic heterocycles. The van der Waals surface area contributed by atoms with E-state index in [4.69, 9.17) is 15.5 Å². The van der Waals surface area contributed by atoms with Crippen LogP contribution in [0.2, 0.25) is 0 Å². The van der Waals surface area contributed by atoms with E-state index in [0.29, 0.717) is 6.61 Å². The number of hydrogen-bond acceptors (Lipinski definition) is 3. The number of aromatic nitrogens is 2. The fourth-order valence-electron chi connectivity index (χ4n) is 2.66. The largest absolute Gasteiger partial charge is 0.399 e. The predicted molar refractivity (Wildman–Crippen MR) is 85.6 cm³/mol. The molecule has 1 heterocycles. The molecular weight excluding hydrogens is 262 g/mol. The molecule has 2 N–H and O–H groups in total. The molecule has 3 rings (SSSR count). The molecule has 108 valence electrons. The summed E-state index contributed by atoms with van der Waals surface area (Å²) in [6.45, 7) is 2.69. The molecule has 4 heteroatoms. The van der Waals surface area contributed by atoms with Crippen LogP contribution in [0.15, 0.2) is 42.5 Å². The van der Waals surface area contributed by atoms with Gasteiger partial charge in [-0.2, -0.15) is 0 Å². The van der Waals surface area contributed by atoms with Crippen molar-refractivity contribution in [1.82, 2.24) is 9.55 Å². The molecule has 4 nitrogen and oxygen atoms in total. The lowest BCUT2D eigenvalue weighted by Crippen LogP contribution is -2.04. The first-order valence-corrected chi connectivity index (χ1v) is 7.08. The third-order valence-corrected chi connectivity index (χ3v) is 3.60. The van der Waals surface area contributed by atoms with Crippen LogP contribution in [0.5, 0.6) is 0 Å². The van der Waals surface area contributed by atoms with Crippen LogP contribution in [0.25, 0.3) is 16.7 Å². The minimum Gasteiger partial charge on any atom is -0.399 e. The number of para-hydroxylation sites is 1. The monoisotopic (exact) mass is 281 g/mol. The van der Waals surface area contributed by atoms with Crippen molar-refractivity contribution >= 4 is 16.7 Å². The van der Waals surface area contributed by atoms with Gasteiger partial charge in [0, 0.05) is 24.8 Å². The highest BCUT2D eigenvalue weighted by atomic mass is 16.5. The summed E-state index contributed by atoms with van der Waals surface area (Å²) in [5.41, 5.74) is 10.9. The maximum Gasteiger partial charge on any atom is 0.114 e. The molecule has 3 aromatic rings. The molecule has 0 bridgehead atoms. The smallest absolute Gasteiger partial charge is 0.114 e. The first kappa shape index (κ1) is 13.6. The highest BCUT2D eigenvalue weighted by molar-refractivity contribution is 5.81. The first-order valence-electron chi connectivity index (χ1n) is 7.08. The number of aryl methyl sites for hydroxylation is 1. The highest BCUT2D eigenvalue weighted by Gasteiger charge is 2.13. The molecule has 21 heavy (non-hydrogen) atoms. The summed E-state index contributed by atoms with van der Waals surface area (Å²) < 4.78 is 7.52. The van der Waals surface area contributed by atoms with Crippen molar-refractivity contribution in [1.29, 1.82) is 0 Å². The summed E-state index contributed by atoms with van der Waals surface area (Å²) in [7, 11) is 1.71. The second-order valence-electron chi connectivity index (χ2n) is 5.03. The van der Waals surface area contributed by atoms with Gasteiger partial charge in [-0.15, -0.1) is 0 Å². The average molecular weight is 281 g/mol. The number of hydrogen-bond donors (Lipinski definition) is 1. The zero-order chi connectivity index (χ0) is 14.8. The molecule has 0 amide bonds. The van der Waals surface area contributed by atoms with Crippen LogP contribution in [0.1, 0.15) is 18.3 Å². The number of fused-ring (bicyclic) bond motifs is 1. The summed E-state index contributed by atoms with van der Waals surface area (Å²) in [6, 6.07) is 14.1. The van der Waals surface area contributed by atoms with Crippen molar-refractivity contribution in [3.05, 3.63) is 53.9 Å². The van der Waals surface area contributed by atoms with E-state index in [-0.39, 0.29) is 0 Å². The number of nitrogen functional groups attached to an aromatic ring is 1. The fraction of sp³-hybridized carbons (Fsp3) is 0.235. The van der Waals surface area contributed by atoms with Gasteiger partial charge >= 0.3 is 0 Å². The van der Waals surface area contributed by atoms with Crippen LogP contribution in [0.4, 0.5) is 5.69 Å². The second-order valence-corrected chi connectivity index (χ2v) is 5.03. The molecule has 0 aliphatic carbocycles. The van der Waals surface area contributed by atoms with Crippen LogP contribution in [0.3, 0.4) is 0 Å². The molecule has 0 atom stereocenters. The van der Waals surface area contributed by atoms with Crippen molar-refractivity contribution in [2.75, 3.05) is 12.8 Å². The van der Waals surface area contributed by atoms with E-state index >= 15 is 0 Å². The predicted octanol–water partition coefficient (Wildman–Crippen LogP) is 3.32. The molecule has 0 fully saturated rings. The summed E-state index contributed by atoms with van der Waals surface area (Å²) >= 11 is 0. The molecule has 2 aromatic carbocycles. The summed E-state index contributed by atoms with van der Waals surface area (Å²) in [6.07, 6.45) is 0.857. The van der Waals surface area contributed by atoms with Crippen LogP contribution in [-0.4, -0.2) is 16.7 Å². The van der Waals surface area contributed by atoms with Gasteiger partial charge < -0.3 is 10.5 Å². The minimum absolute atomic E-state index is 0.577. The molecule has 0 radical (unpaired) electrons. The Labute approximate surface area is 124 Å². The van der Waals surface area contributed by atoms with Gasteiger partial charge in [0.05, 0.1) is 23.3 Å². The number of methoxy groups -OCH3 is 1. The number of nitrogens with two attached hydrogens (primary N) is 1. The number of anilines is 1. The Morgan fingerprint density at radius 1 is 1.19 bits per heavy atom. The van der Waals surface area contributed by atoms with Crippen molar-refractivity contribution in [2.24, 2.45) is 0 Å². The van der Waals surface area contributed by atoms with E-state index in [9.17, 15) is 0 Å². The van der Waals surface area contributed by atoms with Gasteiger partial charge in [0.1, 0.15) is 5.82 Å². The number of benzene rings is 2. The third-order valence-electron chi connectivity index (χ3n) is 3.60. The Kier molecular flexibility index (Phi) is 3.62. The van der Waals surface area contributed by atoms with Crippen LogP contribution in [0, 0.1) is 0 Å². The zero-order valence-corrected chi connectivity index (χ0v) is 12.3. The SMILES string of the molecule is CCc1nc2cc(N)ccc2n1-c1ccccc1COC. The lowest BCUT2D eigenvalue weighted by atomic mass is 10.1. The minimum atomic E-state index is 0.577. The maximum atomic E-state index is 5.87. The summed E-state index contributed by atoms with van der Waals surface area (Å²) in [4.78, 5) is 4.71. The van der Waals surface area contributed by atoms with E-state index < -0.39 is 0 Å². The lowest BCUT2D eigenvalue weighted by Gasteiger charge is -2.13.